The van der Waals surface area contributed by atoms with Gasteiger partial charge in [0.15, 0.2) is 0 Å². The Morgan fingerprint density at radius 3 is 2.50 bits per heavy atom. The zero-order valence-corrected chi connectivity index (χ0v) is 21.0. The molecule has 0 spiro atoms. The molecule has 15 heteroatoms. The van der Waals surface area contributed by atoms with Gasteiger partial charge in [-0.2, -0.15) is 28.2 Å². The van der Waals surface area contributed by atoms with Gasteiger partial charge in [-0.25, -0.2) is 4.68 Å². The summed E-state index contributed by atoms with van der Waals surface area (Å²) in [7, 11) is 0. The topological polar surface area (TPSA) is 149 Å². The third-order valence-electron chi connectivity index (χ3n) is 5.95. The summed E-state index contributed by atoms with van der Waals surface area (Å²) in [6, 6.07) is 5.88. The minimum atomic E-state index is -4.82. The van der Waals surface area contributed by atoms with Gasteiger partial charge in [0.25, 0.3) is 0 Å². The number of ether oxygens (including phenoxy) is 1. The van der Waals surface area contributed by atoms with Crippen molar-refractivity contribution in [2.24, 2.45) is 5.73 Å². The summed E-state index contributed by atoms with van der Waals surface area (Å²) in [6.07, 6.45) is -5.70. The van der Waals surface area contributed by atoms with E-state index in [1.54, 1.807) is 17.9 Å². The zero-order valence-electron chi connectivity index (χ0n) is 20.3. The van der Waals surface area contributed by atoms with Crippen LogP contribution < -0.4 is 21.1 Å². The van der Waals surface area contributed by atoms with Crippen LogP contribution in [0.15, 0.2) is 36.5 Å². The fourth-order valence-electron chi connectivity index (χ4n) is 4.08. The summed E-state index contributed by atoms with van der Waals surface area (Å²) in [6.45, 7) is 3.68. The fraction of sp³-hybridized carbons (Fsp3) is 0.391. The first-order valence-electron chi connectivity index (χ1n) is 11.6. The molecule has 204 valence electrons. The van der Waals surface area contributed by atoms with Crippen LogP contribution >= 0.6 is 11.6 Å². The molecule has 5 N–H and O–H groups in total. The van der Waals surface area contributed by atoms with E-state index in [2.05, 4.69) is 15.1 Å². The molecule has 1 aromatic carbocycles. The first kappa shape index (κ1) is 27.4. The first-order valence-corrected chi connectivity index (χ1v) is 11.9. The number of carbonyl (C=O) groups is 1. The molecule has 38 heavy (non-hydrogen) atoms. The number of rotatable bonds is 8. The Morgan fingerprint density at radius 2 is 1.89 bits per heavy atom. The van der Waals surface area contributed by atoms with E-state index in [9.17, 15) is 18.0 Å². The Morgan fingerprint density at radius 1 is 1.18 bits per heavy atom. The molecular weight excluding hydrogens is 529 g/mol. The molecule has 11 nitrogen and oxygen atoms in total. The molecule has 0 radical (unpaired) electrons. The SMILES string of the molecule is Cc1ccn(-c2cc(Cl)ccc2[C@@H](Oc2cc(N3CCN(C[C@H](N)C(=O)O)CC3)nc(N)n2)C(F)(F)F)n1. The van der Waals surface area contributed by atoms with Crippen LogP contribution in [0.5, 0.6) is 5.88 Å². The van der Waals surface area contributed by atoms with Gasteiger partial charge in [-0.05, 0) is 25.1 Å². The van der Waals surface area contributed by atoms with Crippen LogP contribution in [0.2, 0.25) is 5.02 Å². The van der Waals surface area contributed by atoms with Crippen LogP contribution in [-0.4, -0.2) is 80.7 Å². The highest BCUT2D eigenvalue weighted by atomic mass is 35.5. The van der Waals surface area contributed by atoms with Gasteiger partial charge in [-0.15, -0.1) is 0 Å². The Hall–Kier alpha value is -3.62. The average Bonchev–Trinajstić information content (AvgIpc) is 3.28. The van der Waals surface area contributed by atoms with Crippen molar-refractivity contribution in [3.8, 4) is 11.6 Å². The molecule has 3 aromatic rings. The summed E-state index contributed by atoms with van der Waals surface area (Å²) in [4.78, 5) is 22.7. The fourth-order valence-corrected chi connectivity index (χ4v) is 4.25. The Bertz CT molecular complexity index is 1300. The van der Waals surface area contributed by atoms with E-state index < -0.39 is 24.3 Å². The number of aliphatic carboxylic acids is 1. The third kappa shape index (κ3) is 6.44. The van der Waals surface area contributed by atoms with Crippen LogP contribution in [0.25, 0.3) is 5.69 Å². The van der Waals surface area contributed by atoms with E-state index in [4.69, 9.17) is 32.9 Å². The number of alkyl halides is 3. The van der Waals surface area contributed by atoms with Crippen LogP contribution in [0.4, 0.5) is 24.9 Å². The molecule has 2 aromatic heterocycles. The standard InChI is InChI=1S/C23H26ClF3N8O3/c1-13-4-5-35(32-13)17-10-14(24)2-3-15(17)20(23(25,26)27)38-19-11-18(30-22(29)31-19)34-8-6-33(7-9-34)12-16(28)21(36)37/h2-5,10-11,16,20H,6-9,12,28H2,1H3,(H,36,37)(H2,29,30,31)/t16-,20+/m0/s1. The van der Waals surface area contributed by atoms with Crippen LogP contribution in [0.3, 0.4) is 0 Å². The number of nitrogens with zero attached hydrogens (tertiary/aromatic N) is 6. The van der Waals surface area contributed by atoms with E-state index in [1.807, 2.05) is 4.90 Å². The molecule has 3 heterocycles. The number of benzene rings is 1. The second-order valence-corrected chi connectivity index (χ2v) is 9.24. The number of hydrogen-bond donors (Lipinski definition) is 3. The second-order valence-electron chi connectivity index (χ2n) is 8.80. The molecule has 0 saturated carbocycles. The van der Waals surface area contributed by atoms with E-state index in [-0.39, 0.29) is 40.5 Å². The number of aromatic nitrogens is 4. The number of halogens is 4. The van der Waals surface area contributed by atoms with E-state index in [0.29, 0.717) is 31.9 Å². The van der Waals surface area contributed by atoms with Crippen molar-refractivity contribution in [2.45, 2.75) is 25.2 Å². The molecule has 0 unspecified atom stereocenters. The van der Waals surface area contributed by atoms with Gasteiger partial charge in [-0.3, -0.25) is 9.69 Å². The lowest BCUT2D eigenvalue weighted by Crippen LogP contribution is -2.51. The maximum Gasteiger partial charge on any atom is 0.429 e. The highest BCUT2D eigenvalue weighted by molar-refractivity contribution is 6.30. The van der Waals surface area contributed by atoms with E-state index in [1.165, 1.54) is 35.1 Å². The van der Waals surface area contributed by atoms with E-state index in [0.717, 1.165) is 0 Å². The van der Waals surface area contributed by atoms with Crippen LogP contribution in [0, 0.1) is 6.92 Å². The molecule has 0 aliphatic carbocycles. The smallest absolute Gasteiger partial charge is 0.429 e. The molecule has 2 atom stereocenters. The predicted octanol–water partition coefficient (Wildman–Crippen LogP) is 2.42. The van der Waals surface area contributed by atoms with Crippen molar-refractivity contribution >= 4 is 29.3 Å². The average molecular weight is 555 g/mol. The monoisotopic (exact) mass is 554 g/mol. The van der Waals surface area contributed by atoms with Gasteiger partial charge in [0.05, 0.1) is 11.4 Å². The van der Waals surface area contributed by atoms with Crippen molar-refractivity contribution < 1.29 is 27.8 Å². The quantitative estimate of drug-likeness (QED) is 0.379. The van der Waals surface area contributed by atoms with Crippen LogP contribution in [0.1, 0.15) is 17.4 Å². The van der Waals surface area contributed by atoms with Gasteiger partial charge >= 0.3 is 12.1 Å². The van der Waals surface area contributed by atoms with Crippen molar-refractivity contribution in [3.05, 3.63) is 52.8 Å². The van der Waals surface area contributed by atoms with Gasteiger partial charge in [-0.1, -0.05) is 17.7 Å². The Labute approximate surface area is 220 Å². The normalized spacial score (nSPS) is 16.3. The Balaban J connectivity index is 1.59. The van der Waals surface area contributed by atoms with Crippen molar-refractivity contribution in [1.82, 2.24) is 24.6 Å². The largest absolute Gasteiger partial charge is 0.480 e. The van der Waals surface area contributed by atoms with Gasteiger partial charge in [0, 0.05) is 55.6 Å². The van der Waals surface area contributed by atoms with Crippen LogP contribution in [-0.2, 0) is 4.79 Å². The van der Waals surface area contributed by atoms with Gasteiger partial charge in [0.1, 0.15) is 11.9 Å². The summed E-state index contributed by atoms with van der Waals surface area (Å²) < 4.78 is 49.7. The maximum atomic E-state index is 14.3. The van der Waals surface area contributed by atoms with Crippen molar-refractivity contribution in [3.63, 3.8) is 0 Å². The maximum absolute atomic E-state index is 14.3. The van der Waals surface area contributed by atoms with E-state index >= 15 is 0 Å². The minimum absolute atomic E-state index is 0.103. The lowest BCUT2D eigenvalue weighted by molar-refractivity contribution is -0.198. The lowest BCUT2D eigenvalue weighted by Gasteiger charge is -2.36. The minimum Gasteiger partial charge on any atom is -0.480 e. The highest BCUT2D eigenvalue weighted by Gasteiger charge is 2.45. The number of carboxylic acid groups (broad SMARTS) is 1. The molecular formula is C23H26ClF3N8O3. The Kier molecular flexibility index (Phi) is 7.94. The number of nitrogen functional groups attached to an aromatic ring is 1. The summed E-state index contributed by atoms with van der Waals surface area (Å²) in [5.74, 6) is -1.42. The lowest BCUT2D eigenvalue weighted by atomic mass is 10.1. The third-order valence-corrected chi connectivity index (χ3v) is 6.19. The van der Waals surface area contributed by atoms with Gasteiger partial charge in [0.2, 0.25) is 17.9 Å². The predicted molar refractivity (Wildman–Crippen MR) is 133 cm³/mol. The second kappa shape index (κ2) is 11.0. The van der Waals surface area contributed by atoms with Crippen molar-refractivity contribution in [1.29, 1.82) is 0 Å². The number of hydrogen-bond acceptors (Lipinski definition) is 9. The molecule has 1 fully saturated rings. The summed E-state index contributed by atoms with van der Waals surface area (Å²) in [5, 5.41) is 13.5. The first-order chi connectivity index (χ1) is 17.9. The summed E-state index contributed by atoms with van der Waals surface area (Å²) >= 11 is 6.09. The molecule has 1 saturated heterocycles. The number of piperazine rings is 1. The number of carboxylic acids is 1. The molecule has 0 amide bonds. The summed E-state index contributed by atoms with van der Waals surface area (Å²) in [5.41, 5.74) is 11.9. The zero-order chi connectivity index (χ0) is 27.6. The van der Waals surface area contributed by atoms with Gasteiger partial charge < -0.3 is 26.2 Å². The molecule has 4 rings (SSSR count). The number of aryl methyl sites for hydroxylation is 1. The van der Waals surface area contributed by atoms with Crippen molar-refractivity contribution in [2.75, 3.05) is 43.4 Å². The molecule has 1 aliphatic rings. The molecule has 1 aliphatic heterocycles. The highest BCUT2D eigenvalue weighted by Crippen LogP contribution is 2.40. The number of anilines is 2. The number of nitrogens with two attached hydrogens (primary N) is 2. The molecule has 0 bridgehead atoms.